The summed E-state index contributed by atoms with van der Waals surface area (Å²) in [5.41, 5.74) is 6.33. The first-order valence-electron chi connectivity index (χ1n) is 5.86. The lowest BCUT2D eigenvalue weighted by Crippen LogP contribution is -2.22. The Kier molecular flexibility index (Phi) is 5.28. The number of hydrogen-bond acceptors (Lipinski definition) is 5. The maximum atomic E-state index is 11.5. The number of anilines is 2. The first-order chi connectivity index (χ1) is 8.13. The van der Waals surface area contributed by atoms with Crippen LogP contribution in [0.15, 0.2) is 6.07 Å². The summed E-state index contributed by atoms with van der Waals surface area (Å²) in [5.74, 6) is -0.356. The van der Waals surface area contributed by atoms with Gasteiger partial charge in [0.15, 0.2) is 0 Å². The molecule has 0 unspecified atom stereocenters. The van der Waals surface area contributed by atoms with E-state index >= 15 is 0 Å². The number of thiophene rings is 1. The van der Waals surface area contributed by atoms with E-state index in [-0.39, 0.29) is 5.97 Å². The van der Waals surface area contributed by atoms with Gasteiger partial charge in [0, 0.05) is 13.1 Å². The van der Waals surface area contributed by atoms with Gasteiger partial charge in [0.1, 0.15) is 4.88 Å². The van der Waals surface area contributed by atoms with Crippen LogP contribution in [-0.2, 0) is 4.74 Å². The third-order valence-corrected chi connectivity index (χ3v) is 3.79. The summed E-state index contributed by atoms with van der Waals surface area (Å²) in [7, 11) is 1.37. The van der Waals surface area contributed by atoms with Gasteiger partial charge >= 0.3 is 5.97 Å². The van der Waals surface area contributed by atoms with Gasteiger partial charge in [-0.25, -0.2) is 4.79 Å². The molecule has 4 nitrogen and oxygen atoms in total. The monoisotopic (exact) mass is 256 g/mol. The Hall–Kier alpha value is -1.23. The summed E-state index contributed by atoms with van der Waals surface area (Å²) < 4.78 is 4.70. The SMILES string of the molecule is CCCCN(CC)c1cc(N)c(C(=O)OC)s1. The fourth-order valence-corrected chi connectivity index (χ4v) is 2.66. The highest BCUT2D eigenvalue weighted by molar-refractivity contribution is 7.18. The molecule has 5 heteroatoms. The Morgan fingerprint density at radius 1 is 1.53 bits per heavy atom. The molecule has 0 aliphatic rings. The number of hydrogen-bond donors (Lipinski definition) is 1. The summed E-state index contributed by atoms with van der Waals surface area (Å²) >= 11 is 1.40. The number of nitrogens with two attached hydrogens (primary N) is 1. The van der Waals surface area contributed by atoms with Gasteiger partial charge in [-0.3, -0.25) is 0 Å². The van der Waals surface area contributed by atoms with E-state index in [0.717, 1.165) is 30.9 Å². The molecule has 0 saturated heterocycles. The summed E-state index contributed by atoms with van der Waals surface area (Å²) in [6, 6.07) is 1.86. The fraction of sp³-hybridized carbons (Fsp3) is 0.583. The highest BCUT2D eigenvalue weighted by Gasteiger charge is 2.17. The van der Waals surface area contributed by atoms with Crippen LogP contribution in [0.2, 0.25) is 0 Å². The molecule has 0 aliphatic carbocycles. The lowest BCUT2D eigenvalue weighted by atomic mass is 10.3. The number of rotatable bonds is 6. The van der Waals surface area contributed by atoms with Gasteiger partial charge in [0.25, 0.3) is 0 Å². The van der Waals surface area contributed by atoms with E-state index < -0.39 is 0 Å². The predicted molar refractivity (Wildman–Crippen MR) is 72.9 cm³/mol. The van der Waals surface area contributed by atoms with Gasteiger partial charge in [-0.05, 0) is 19.4 Å². The largest absolute Gasteiger partial charge is 0.465 e. The quantitative estimate of drug-likeness (QED) is 0.795. The molecule has 1 rings (SSSR count). The van der Waals surface area contributed by atoms with E-state index in [1.54, 1.807) is 0 Å². The van der Waals surface area contributed by atoms with Crippen LogP contribution in [0, 0.1) is 0 Å². The average Bonchev–Trinajstić information content (AvgIpc) is 2.71. The van der Waals surface area contributed by atoms with Crippen molar-refractivity contribution >= 4 is 28.0 Å². The van der Waals surface area contributed by atoms with E-state index in [2.05, 4.69) is 18.7 Å². The molecule has 1 aromatic rings. The standard InChI is InChI=1S/C12H20N2O2S/c1-4-6-7-14(5-2)10-8-9(13)11(17-10)12(15)16-3/h8H,4-7,13H2,1-3H3. The maximum Gasteiger partial charge on any atom is 0.350 e. The molecule has 0 aliphatic heterocycles. The number of unbranched alkanes of at least 4 members (excludes halogenated alkanes) is 1. The number of carbonyl (C=O) groups excluding carboxylic acids is 1. The van der Waals surface area contributed by atoms with E-state index in [4.69, 9.17) is 10.5 Å². The highest BCUT2D eigenvalue weighted by Crippen LogP contribution is 2.32. The Bertz CT molecular complexity index is 377. The molecular weight excluding hydrogens is 236 g/mol. The van der Waals surface area contributed by atoms with Gasteiger partial charge < -0.3 is 15.4 Å². The van der Waals surface area contributed by atoms with Gasteiger partial charge in [-0.15, -0.1) is 11.3 Å². The van der Waals surface area contributed by atoms with Crippen molar-refractivity contribution in [2.75, 3.05) is 30.8 Å². The summed E-state index contributed by atoms with van der Waals surface area (Å²) in [6.07, 6.45) is 2.29. The Morgan fingerprint density at radius 2 is 2.24 bits per heavy atom. The molecule has 17 heavy (non-hydrogen) atoms. The number of nitrogen functional groups attached to an aromatic ring is 1. The number of carbonyl (C=O) groups is 1. The Labute approximate surface area is 106 Å². The minimum Gasteiger partial charge on any atom is -0.465 e. The van der Waals surface area contributed by atoms with Gasteiger partial charge in [0.2, 0.25) is 0 Å². The minimum absolute atomic E-state index is 0.356. The summed E-state index contributed by atoms with van der Waals surface area (Å²) in [5, 5.41) is 1.04. The zero-order valence-corrected chi connectivity index (χ0v) is 11.5. The topological polar surface area (TPSA) is 55.6 Å². The second kappa shape index (κ2) is 6.49. The molecule has 1 heterocycles. The van der Waals surface area contributed by atoms with Crippen molar-refractivity contribution in [1.29, 1.82) is 0 Å². The lowest BCUT2D eigenvalue weighted by Gasteiger charge is -2.20. The number of ether oxygens (including phenoxy) is 1. The third-order valence-electron chi connectivity index (χ3n) is 2.59. The van der Waals surface area contributed by atoms with E-state index in [0.29, 0.717) is 10.6 Å². The van der Waals surface area contributed by atoms with Crippen molar-refractivity contribution in [3.8, 4) is 0 Å². The first-order valence-corrected chi connectivity index (χ1v) is 6.68. The summed E-state index contributed by atoms with van der Waals surface area (Å²) in [6.45, 7) is 6.17. The number of nitrogens with zero attached hydrogens (tertiary/aromatic N) is 1. The molecule has 2 N–H and O–H groups in total. The smallest absolute Gasteiger partial charge is 0.350 e. The maximum absolute atomic E-state index is 11.5. The van der Waals surface area contributed by atoms with Crippen LogP contribution in [0.5, 0.6) is 0 Å². The molecule has 1 aromatic heterocycles. The second-order valence-electron chi connectivity index (χ2n) is 3.79. The van der Waals surface area contributed by atoms with Crippen LogP contribution in [0.25, 0.3) is 0 Å². The van der Waals surface area contributed by atoms with Crippen molar-refractivity contribution in [2.24, 2.45) is 0 Å². The molecule has 0 saturated carbocycles. The third kappa shape index (κ3) is 3.36. The lowest BCUT2D eigenvalue weighted by molar-refractivity contribution is 0.0607. The van der Waals surface area contributed by atoms with E-state index in [9.17, 15) is 4.79 Å². The molecule has 0 amide bonds. The molecule has 0 atom stereocenters. The average molecular weight is 256 g/mol. The van der Waals surface area contributed by atoms with Crippen molar-refractivity contribution in [2.45, 2.75) is 26.7 Å². The highest BCUT2D eigenvalue weighted by atomic mass is 32.1. The van der Waals surface area contributed by atoms with Crippen LogP contribution in [-0.4, -0.2) is 26.2 Å². The van der Waals surface area contributed by atoms with Crippen molar-refractivity contribution < 1.29 is 9.53 Å². The van der Waals surface area contributed by atoms with E-state index in [1.807, 2.05) is 6.07 Å². The molecular formula is C12H20N2O2S. The van der Waals surface area contributed by atoms with Crippen molar-refractivity contribution in [1.82, 2.24) is 0 Å². The first kappa shape index (κ1) is 13.8. The van der Waals surface area contributed by atoms with Crippen LogP contribution in [0.3, 0.4) is 0 Å². The number of esters is 1. The van der Waals surface area contributed by atoms with Crippen molar-refractivity contribution in [3.63, 3.8) is 0 Å². The van der Waals surface area contributed by atoms with Gasteiger partial charge in [-0.1, -0.05) is 13.3 Å². The molecule has 96 valence electrons. The zero-order valence-electron chi connectivity index (χ0n) is 10.7. The molecule has 0 spiro atoms. The van der Waals surface area contributed by atoms with Crippen LogP contribution in [0.1, 0.15) is 36.4 Å². The van der Waals surface area contributed by atoms with Crippen LogP contribution in [0.4, 0.5) is 10.7 Å². The molecule has 0 radical (unpaired) electrons. The molecule has 0 fully saturated rings. The van der Waals surface area contributed by atoms with E-state index in [1.165, 1.54) is 18.4 Å². The second-order valence-corrected chi connectivity index (χ2v) is 4.82. The fourth-order valence-electron chi connectivity index (χ4n) is 1.57. The van der Waals surface area contributed by atoms with Crippen LogP contribution < -0.4 is 10.6 Å². The summed E-state index contributed by atoms with van der Waals surface area (Å²) in [4.78, 5) is 14.2. The minimum atomic E-state index is -0.356. The van der Waals surface area contributed by atoms with Crippen molar-refractivity contribution in [3.05, 3.63) is 10.9 Å². The zero-order chi connectivity index (χ0) is 12.8. The number of methoxy groups -OCH3 is 1. The normalized spacial score (nSPS) is 10.3. The molecule has 0 aromatic carbocycles. The Morgan fingerprint density at radius 3 is 2.76 bits per heavy atom. The predicted octanol–water partition coefficient (Wildman–Crippen LogP) is 2.74. The Balaban J connectivity index is 2.86. The van der Waals surface area contributed by atoms with Crippen LogP contribution >= 0.6 is 11.3 Å². The molecule has 0 bridgehead atoms. The van der Waals surface area contributed by atoms with Gasteiger partial charge in [-0.2, -0.15) is 0 Å². The van der Waals surface area contributed by atoms with Gasteiger partial charge in [0.05, 0.1) is 17.8 Å².